The number of nitrogens with one attached hydrogen (secondary N) is 1. The van der Waals surface area contributed by atoms with E-state index in [1.165, 1.54) is 20.5 Å². The zero-order valence-corrected chi connectivity index (χ0v) is 28.7. The largest absolute Gasteiger partial charge is 0.481 e. The molecule has 3 atom stereocenters. The van der Waals surface area contributed by atoms with Crippen molar-refractivity contribution in [2.75, 3.05) is 46.4 Å². The number of rotatable bonds is 13. The molecule has 3 fully saturated rings. The van der Waals surface area contributed by atoms with Crippen LogP contribution in [0.1, 0.15) is 62.9 Å². The summed E-state index contributed by atoms with van der Waals surface area (Å²) in [6.45, 7) is 4.34. The lowest BCUT2D eigenvalue weighted by Crippen LogP contribution is -2.59. The number of piperazine rings is 1. The zero-order chi connectivity index (χ0) is 35.9. The average molecular weight is 696 g/mol. The molecule has 0 bridgehead atoms. The molecule has 0 spiro atoms. The van der Waals surface area contributed by atoms with E-state index in [2.05, 4.69) is 10.4 Å². The molecule has 50 heavy (non-hydrogen) atoms. The number of hydrogen-bond acceptors (Lipinski definition) is 9. The molecule has 16 heteroatoms. The van der Waals surface area contributed by atoms with Crippen molar-refractivity contribution in [3.8, 4) is 11.6 Å². The van der Waals surface area contributed by atoms with Crippen LogP contribution in [0.15, 0.2) is 36.4 Å². The molecule has 1 aromatic carbocycles. The van der Waals surface area contributed by atoms with Crippen LogP contribution in [0.2, 0.25) is 0 Å². The Hall–Kier alpha value is -5.15. The van der Waals surface area contributed by atoms with Gasteiger partial charge in [0.2, 0.25) is 17.7 Å². The number of nitrogens with zero attached hydrogens (tertiary/aromatic N) is 6. The molecule has 3 heterocycles. The van der Waals surface area contributed by atoms with Crippen molar-refractivity contribution in [1.29, 1.82) is 0 Å². The molecule has 2 N–H and O–H groups in total. The van der Waals surface area contributed by atoms with E-state index in [1.807, 2.05) is 0 Å². The van der Waals surface area contributed by atoms with E-state index in [9.17, 15) is 33.9 Å². The molecule has 3 unspecified atom stereocenters. The quantitative estimate of drug-likeness (QED) is 0.312. The van der Waals surface area contributed by atoms with Crippen LogP contribution in [-0.4, -0.2) is 141 Å². The van der Waals surface area contributed by atoms with Gasteiger partial charge in [-0.05, 0) is 58.1 Å². The minimum absolute atomic E-state index is 0.0751. The molecule has 2 saturated heterocycles. The highest BCUT2D eigenvalue weighted by atomic mass is 16.6. The van der Waals surface area contributed by atoms with Crippen LogP contribution in [0.25, 0.3) is 5.69 Å². The van der Waals surface area contributed by atoms with E-state index in [0.29, 0.717) is 25.1 Å². The van der Waals surface area contributed by atoms with Crippen molar-refractivity contribution in [1.82, 2.24) is 34.7 Å². The van der Waals surface area contributed by atoms with Crippen molar-refractivity contribution in [2.24, 2.45) is 0 Å². The van der Waals surface area contributed by atoms with E-state index in [0.717, 1.165) is 12.8 Å². The summed E-state index contributed by atoms with van der Waals surface area (Å²) >= 11 is 0. The fourth-order valence-corrected chi connectivity index (χ4v) is 6.37. The van der Waals surface area contributed by atoms with Gasteiger partial charge < -0.3 is 39.5 Å². The molecule has 2 aliphatic heterocycles. The second-order valence-electron chi connectivity index (χ2n) is 12.8. The predicted octanol–water partition coefficient (Wildman–Crippen LogP) is 1.52. The van der Waals surface area contributed by atoms with Gasteiger partial charge in [-0.15, -0.1) is 0 Å². The van der Waals surface area contributed by atoms with Gasteiger partial charge in [0.05, 0.1) is 12.3 Å². The maximum Gasteiger partial charge on any atom is 0.409 e. The summed E-state index contributed by atoms with van der Waals surface area (Å²) in [5.41, 5.74) is 0.422. The Labute approximate surface area is 290 Å². The van der Waals surface area contributed by atoms with E-state index in [1.54, 1.807) is 61.0 Å². The van der Waals surface area contributed by atoms with Gasteiger partial charge >= 0.3 is 12.1 Å². The van der Waals surface area contributed by atoms with Crippen molar-refractivity contribution >= 4 is 35.7 Å². The molecule has 0 radical (unpaired) electrons. The predicted molar refractivity (Wildman–Crippen MR) is 177 cm³/mol. The number of likely N-dealkylation sites (N-methyl/N-ethyl adjacent to an activating group) is 1. The smallest absolute Gasteiger partial charge is 0.409 e. The van der Waals surface area contributed by atoms with Crippen LogP contribution < -0.4 is 10.1 Å². The molecule has 1 saturated carbocycles. The van der Waals surface area contributed by atoms with E-state index >= 15 is 0 Å². The topological polar surface area (TPSA) is 184 Å². The minimum atomic E-state index is -1.19. The lowest BCUT2D eigenvalue weighted by molar-refractivity contribution is -0.144. The van der Waals surface area contributed by atoms with Gasteiger partial charge in [-0.1, -0.05) is 18.2 Å². The first kappa shape index (κ1) is 36.1. The fourth-order valence-electron chi connectivity index (χ4n) is 6.37. The number of carbonyl (C=O) groups is 6. The summed E-state index contributed by atoms with van der Waals surface area (Å²) < 4.78 is 12.4. The van der Waals surface area contributed by atoms with Gasteiger partial charge in [0.25, 0.3) is 11.8 Å². The van der Waals surface area contributed by atoms with E-state index in [4.69, 9.17) is 9.47 Å². The highest BCUT2D eigenvalue weighted by molar-refractivity contribution is 5.96. The van der Waals surface area contributed by atoms with Gasteiger partial charge in [0.15, 0.2) is 12.3 Å². The molecule has 16 nitrogen and oxygen atoms in total. The highest BCUT2D eigenvalue weighted by Crippen LogP contribution is 2.29. The minimum Gasteiger partial charge on any atom is -0.481 e. The number of aromatic nitrogens is 2. The Bertz CT molecular complexity index is 1580. The molecule has 1 aliphatic carbocycles. The molecule has 3 aliphatic rings. The van der Waals surface area contributed by atoms with Crippen molar-refractivity contribution in [3.05, 3.63) is 42.1 Å². The van der Waals surface area contributed by atoms with Gasteiger partial charge in [0, 0.05) is 57.8 Å². The third-order valence-electron chi connectivity index (χ3n) is 9.24. The summed E-state index contributed by atoms with van der Waals surface area (Å²) in [6.07, 6.45) is 2.18. The Balaban J connectivity index is 1.30. The first-order chi connectivity index (χ1) is 24.0. The second kappa shape index (κ2) is 16.0. The number of carbonyl (C=O) groups excluding carboxylic acids is 5. The number of carboxylic acids is 1. The number of carboxylic acid groups (broad SMARTS) is 1. The van der Waals surface area contributed by atoms with Gasteiger partial charge in [-0.25, -0.2) is 9.48 Å². The third-order valence-corrected chi connectivity index (χ3v) is 9.24. The molecule has 5 rings (SSSR count). The Morgan fingerprint density at radius 1 is 1.04 bits per heavy atom. The molecular weight excluding hydrogens is 650 g/mol. The fraction of sp³-hybridized carbons (Fsp3) is 0.559. The summed E-state index contributed by atoms with van der Waals surface area (Å²) in [5.74, 6) is -2.72. The first-order valence-electron chi connectivity index (χ1n) is 17.1. The molecule has 1 aromatic heterocycles. The standard InChI is InChI=1S/C34H45N7O9/c1-4-49-34(48)38-17-18-39(22(2)20-38)32(46)25(14-15-30(43)44)35-31(45)26-19-29(41(36-26)24-9-6-5-7-10-24)50-21-28(42)40-16-8-11-27(40)33(47)37(3)23-12-13-23/h5-7,9-10,19,22-23,25,27H,4,8,11-18,20-21H2,1-3H3,(H,35,45)(H,43,44). The van der Waals surface area contributed by atoms with Crippen molar-refractivity contribution in [2.45, 2.75) is 76.5 Å². The summed E-state index contributed by atoms with van der Waals surface area (Å²) in [4.78, 5) is 83.8. The normalized spacial score (nSPS) is 19.5. The molecule has 270 valence electrons. The molecule has 2 aromatic rings. The van der Waals surface area contributed by atoms with E-state index in [-0.39, 0.29) is 68.5 Å². The van der Waals surface area contributed by atoms with Crippen molar-refractivity contribution < 1.29 is 43.3 Å². The van der Waals surface area contributed by atoms with Gasteiger partial charge in [0.1, 0.15) is 12.1 Å². The lowest BCUT2D eigenvalue weighted by atomic mass is 10.1. The second-order valence-corrected chi connectivity index (χ2v) is 12.8. The highest BCUT2D eigenvalue weighted by Gasteiger charge is 2.40. The zero-order valence-electron chi connectivity index (χ0n) is 28.7. The number of aliphatic carboxylic acids is 1. The first-order valence-corrected chi connectivity index (χ1v) is 17.1. The summed E-state index contributed by atoms with van der Waals surface area (Å²) in [7, 11) is 1.77. The number of amides is 5. The van der Waals surface area contributed by atoms with E-state index < -0.39 is 48.6 Å². The van der Waals surface area contributed by atoms with Crippen LogP contribution in [0.4, 0.5) is 4.79 Å². The third kappa shape index (κ3) is 8.52. The number of ether oxygens (including phenoxy) is 2. The summed E-state index contributed by atoms with van der Waals surface area (Å²) in [6, 6.07) is 8.24. The SMILES string of the molecule is CCOC(=O)N1CCN(C(=O)C(CCC(=O)O)NC(=O)c2cc(OCC(=O)N3CCCC3C(=O)N(C)C3CC3)n(-c3ccccc3)n2)C(C)C1. The number of likely N-dealkylation sites (tertiary alicyclic amines) is 1. The van der Waals surface area contributed by atoms with Crippen LogP contribution in [0, 0.1) is 0 Å². The average Bonchev–Trinajstić information content (AvgIpc) is 3.68. The van der Waals surface area contributed by atoms with Crippen molar-refractivity contribution in [3.63, 3.8) is 0 Å². The lowest BCUT2D eigenvalue weighted by Gasteiger charge is -2.40. The van der Waals surface area contributed by atoms with Crippen LogP contribution in [-0.2, 0) is 23.9 Å². The van der Waals surface area contributed by atoms with Crippen LogP contribution in [0.5, 0.6) is 5.88 Å². The monoisotopic (exact) mass is 695 g/mol. The Morgan fingerprint density at radius 2 is 1.78 bits per heavy atom. The Morgan fingerprint density at radius 3 is 2.44 bits per heavy atom. The molecular formula is C34H45N7O9. The summed E-state index contributed by atoms with van der Waals surface area (Å²) in [5, 5.41) is 16.5. The number of para-hydroxylation sites is 1. The van der Waals surface area contributed by atoms with Crippen LogP contribution >= 0.6 is 0 Å². The number of hydrogen-bond donors (Lipinski definition) is 2. The Kier molecular flexibility index (Phi) is 11.6. The maximum absolute atomic E-state index is 13.7. The maximum atomic E-state index is 13.7. The molecule has 5 amide bonds. The van der Waals surface area contributed by atoms with Gasteiger partial charge in [-0.2, -0.15) is 5.10 Å². The van der Waals surface area contributed by atoms with Crippen LogP contribution in [0.3, 0.4) is 0 Å². The number of benzene rings is 1. The van der Waals surface area contributed by atoms with Gasteiger partial charge in [-0.3, -0.25) is 24.0 Å².